The van der Waals surface area contributed by atoms with Crippen LogP contribution in [0.1, 0.15) is 46.0 Å². The Morgan fingerprint density at radius 1 is 1.07 bits per heavy atom. The molecule has 0 aromatic carbocycles. The van der Waals surface area contributed by atoms with Gasteiger partial charge in [-0.3, -0.25) is 14.4 Å². The van der Waals surface area contributed by atoms with E-state index < -0.39 is 58.0 Å². The molecule has 0 unspecified atom stereocenters. The molecule has 0 amide bonds. The van der Waals surface area contributed by atoms with E-state index in [1.807, 2.05) is 13.0 Å². The third kappa shape index (κ3) is 1.88. The Morgan fingerprint density at radius 2 is 1.74 bits per heavy atom. The molecule has 4 N–H and O–H groups in total. The van der Waals surface area contributed by atoms with Crippen molar-refractivity contribution in [3.05, 3.63) is 11.6 Å². The van der Waals surface area contributed by atoms with Crippen LogP contribution >= 0.6 is 0 Å². The monoisotopic (exact) mass is 378 g/mol. The Hall–Kier alpha value is -1.89. The Morgan fingerprint density at radius 3 is 2.30 bits per heavy atom. The van der Waals surface area contributed by atoms with Crippen LogP contribution < -0.4 is 0 Å². The lowest BCUT2D eigenvalue weighted by molar-refractivity contribution is -0.191. The quantitative estimate of drug-likeness (QED) is 0.552. The largest absolute Gasteiger partial charge is 0.481 e. The molecule has 0 aromatic heterocycles. The van der Waals surface area contributed by atoms with Crippen LogP contribution in [0.25, 0.3) is 0 Å². The van der Waals surface area contributed by atoms with Crippen LogP contribution in [0.2, 0.25) is 0 Å². The summed E-state index contributed by atoms with van der Waals surface area (Å²) >= 11 is 0. The first-order valence-electron chi connectivity index (χ1n) is 9.60. The average molecular weight is 378 g/mol. The number of fused-ring (bicyclic) bond motifs is 3. The molecule has 4 rings (SSSR count). The van der Waals surface area contributed by atoms with Crippen molar-refractivity contribution < 1.29 is 34.8 Å². The predicted molar refractivity (Wildman–Crippen MR) is 92.7 cm³/mol. The Kier molecular flexibility index (Phi) is 3.65. The summed E-state index contributed by atoms with van der Waals surface area (Å²) in [5.74, 6) is -6.06. The fraction of sp³-hybridized carbons (Fsp3) is 0.750. The zero-order valence-corrected chi connectivity index (χ0v) is 15.5. The zero-order chi connectivity index (χ0) is 19.9. The van der Waals surface area contributed by atoms with Crippen LogP contribution in [0.15, 0.2) is 11.6 Å². The highest BCUT2D eigenvalue weighted by Crippen LogP contribution is 2.76. The molecule has 0 aromatic rings. The van der Waals surface area contributed by atoms with Gasteiger partial charge in [0.15, 0.2) is 0 Å². The molecule has 8 atom stereocenters. The third-order valence-corrected chi connectivity index (χ3v) is 8.58. The van der Waals surface area contributed by atoms with Crippen molar-refractivity contribution in [1.29, 1.82) is 0 Å². The van der Waals surface area contributed by atoms with Gasteiger partial charge in [0.1, 0.15) is 0 Å². The number of allylic oxidation sites excluding steroid dienone is 2. The average Bonchev–Trinajstić information content (AvgIpc) is 2.99. The fourth-order valence-electron chi connectivity index (χ4n) is 7.52. The minimum absolute atomic E-state index is 0.0522. The summed E-state index contributed by atoms with van der Waals surface area (Å²) in [7, 11) is 0. The minimum Gasteiger partial charge on any atom is -0.481 e. The third-order valence-electron chi connectivity index (χ3n) is 8.58. The molecule has 1 spiro atoms. The standard InChI is InChI=1S/C20H26O7/c1-9-7-19-8-10(9)3-4-11(19)20(17(26)27)6-5-12(21)18(2,16(24)25)14(20)13(19)15(22)23/h7,10-14,21H,3-6,8H2,1-2H3,(H,22,23)(H,24,25)(H,26,27)/t10-,11-,12+,13-,14-,18-,19+,20-/m1/s1. The SMILES string of the molecule is CC1=C[C@]23C[C@H]1CC[C@H]2[C@]1(C(=O)O)CC[C@H](O)[C@@](C)(C(=O)O)[C@H]1[C@@H]3C(=O)O. The van der Waals surface area contributed by atoms with Gasteiger partial charge in [0.05, 0.1) is 22.9 Å². The van der Waals surface area contributed by atoms with Crippen molar-refractivity contribution in [2.75, 3.05) is 0 Å². The van der Waals surface area contributed by atoms with Crippen molar-refractivity contribution in [2.24, 2.45) is 39.9 Å². The minimum atomic E-state index is -1.81. The first-order chi connectivity index (χ1) is 12.5. The van der Waals surface area contributed by atoms with E-state index >= 15 is 0 Å². The van der Waals surface area contributed by atoms with Gasteiger partial charge in [-0.15, -0.1) is 0 Å². The van der Waals surface area contributed by atoms with Crippen molar-refractivity contribution >= 4 is 17.9 Å². The van der Waals surface area contributed by atoms with E-state index in [0.29, 0.717) is 12.8 Å². The number of carboxylic acid groups (broad SMARTS) is 3. The molecule has 7 nitrogen and oxygen atoms in total. The van der Waals surface area contributed by atoms with Gasteiger partial charge >= 0.3 is 17.9 Å². The molecule has 27 heavy (non-hydrogen) atoms. The van der Waals surface area contributed by atoms with Gasteiger partial charge in [-0.1, -0.05) is 11.6 Å². The molecule has 0 saturated heterocycles. The van der Waals surface area contributed by atoms with Gasteiger partial charge in [-0.05, 0) is 57.8 Å². The van der Waals surface area contributed by atoms with Crippen LogP contribution in [0.4, 0.5) is 0 Å². The molecule has 4 aliphatic rings. The van der Waals surface area contributed by atoms with E-state index in [1.165, 1.54) is 6.92 Å². The highest BCUT2D eigenvalue weighted by atomic mass is 16.4. The fourth-order valence-corrected chi connectivity index (χ4v) is 7.52. The lowest BCUT2D eigenvalue weighted by Crippen LogP contribution is -2.60. The number of aliphatic carboxylic acids is 3. The van der Waals surface area contributed by atoms with E-state index in [2.05, 4.69) is 0 Å². The number of rotatable bonds is 3. The molecule has 0 radical (unpaired) electrons. The molecular weight excluding hydrogens is 352 g/mol. The van der Waals surface area contributed by atoms with Gasteiger partial charge in [0.25, 0.3) is 0 Å². The first kappa shape index (κ1) is 18.5. The summed E-state index contributed by atoms with van der Waals surface area (Å²) in [6.07, 6.45) is 2.80. The molecule has 2 bridgehead atoms. The summed E-state index contributed by atoms with van der Waals surface area (Å²) in [5.41, 5.74) is -3.02. The normalized spacial score (nSPS) is 50.5. The summed E-state index contributed by atoms with van der Waals surface area (Å²) in [5, 5.41) is 41.1. The van der Waals surface area contributed by atoms with Gasteiger partial charge in [0.2, 0.25) is 0 Å². The molecule has 7 heteroatoms. The van der Waals surface area contributed by atoms with Crippen molar-refractivity contribution in [2.45, 2.75) is 52.1 Å². The Labute approximate surface area is 157 Å². The van der Waals surface area contributed by atoms with Crippen molar-refractivity contribution in [3.8, 4) is 0 Å². The van der Waals surface area contributed by atoms with Crippen molar-refractivity contribution in [3.63, 3.8) is 0 Å². The van der Waals surface area contributed by atoms with E-state index in [1.54, 1.807) is 0 Å². The highest BCUT2D eigenvalue weighted by molar-refractivity contribution is 5.86. The van der Waals surface area contributed by atoms with Gasteiger partial charge in [0, 0.05) is 11.3 Å². The lowest BCUT2D eigenvalue weighted by atomic mass is 9.51. The second-order valence-corrected chi connectivity index (χ2v) is 9.31. The van der Waals surface area contributed by atoms with E-state index in [-0.39, 0.29) is 18.8 Å². The molecule has 3 saturated carbocycles. The van der Waals surface area contributed by atoms with Crippen LogP contribution in [0, 0.1) is 39.9 Å². The smallest absolute Gasteiger partial charge is 0.312 e. The van der Waals surface area contributed by atoms with E-state index in [9.17, 15) is 34.8 Å². The van der Waals surface area contributed by atoms with Gasteiger partial charge < -0.3 is 20.4 Å². The van der Waals surface area contributed by atoms with Crippen LogP contribution in [0.3, 0.4) is 0 Å². The second kappa shape index (κ2) is 5.34. The topological polar surface area (TPSA) is 132 Å². The molecule has 0 aliphatic heterocycles. The summed E-state index contributed by atoms with van der Waals surface area (Å²) in [4.78, 5) is 37.4. The maximum absolute atomic E-state index is 12.7. The summed E-state index contributed by atoms with van der Waals surface area (Å²) in [6.45, 7) is 3.30. The Bertz CT molecular complexity index is 772. The van der Waals surface area contributed by atoms with Crippen molar-refractivity contribution in [1.82, 2.24) is 0 Å². The zero-order valence-electron chi connectivity index (χ0n) is 15.5. The molecule has 148 valence electrons. The molecule has 4 aliphatic carbocycles. The van der Waals surface area contributed by atoms with E-state index in [0.717, 1.165) is 12.0 Å². The lowest BCUT2D eigenvalue weighted by Gasteiger charge is -2.51. The number of aliphatic hydroxyl groups is 1. The first-order valence-corrected chi connectivity index (χ1v) is 9.60. The number of carbonyl (C=O) groups is 3. The van der Waals surface area contributed by atoms with Crippen LogP contribution in [-0.4, -0.2) is 44.4 Å². The maximum atomic E-state index is 12.7. The van der Waals surface area contributed by atoms with Crippen LogP contribution in [0.5, 0.6) is 0 Å². The summed E-state index contributed by atoms with van der Waals surface area (Å²) in [6, 6.07) is 0. The highest BCUT2D eigenvalue weighted by Gasteiger charge is 2.79. The number of carboxylic acids is 3. The molecule has 0 heterocycles. The summed E-state index contributed by atoms with van der Waals surface area (Å²) < 4.78 is 0. The van der Waals surface area contributed by atoms with E-state index in [4.69, 9.17) is 0 Å². The molecule has 3 fully saturated rings. The number of hydrogen-bond acceptors (Lipinski definition) is 4. The van der Waals surface area contributed by atoms with Crippen LogP contribution in [-0.2, 0) is 14.4 Å². The number of hydrogen-bond donors (Lipinski definition) is 4. The predicted octanol–water partition coefficient (Wildman–Crippen LogP) is 2.00. The second-order valence-electron chi connectivity index (χ2n) is 9.31. The van der Waals surface area contributed by atoms with Gasteiger partial charge in [-0.25, -0.2) is 0 Å². The van der Waals surface area contributed by atoms with Gasteiger partial charge in [-0.2, -0.15) is 0 Å². The maximum Gasteiger partial charge on any atom is 0.312 e. The Balaban J connectivity index is 2.04. The molecular formula is C20H26O7. The number of aliphatic hydroxyl groups excluding tert-OH is 1.